The predicted molar refractivity (Wildman–Crippen MR) is 97.2 cm³/mol. The van der Waals surface area contributed by atoms with Crippen molar-refractivity contribution in [3.63, 3.8) is 0 Å². The number of aromatic nitrogens is 3. The molecule has 2 aromatic rings. The van der Waals surface area contributed by atoms with Crippen LogP contribution in [0.5, 0.6) is 0 Å². The second-order valence-corrected chi connectivity index (χ2v) is 7.12. The van der Waals surface area contributed by atoms with Crippen molar-refractivity contribution in [2.75, 3.05) is 33.2 Å². The molecular weight excluding hydrogens is 322 g/mol. The highest BCUT2D eigenvalue weighted by Gasteiger charge is 2.46. The Morgan fingerprint density at radius 1 is 1.04 bits per heavy atom. The Labute approximate surface area is 150 Å². The van der Waals surface area contributed by atoms with Crippen LogP contribution in [0.4, 0.5) is 0 Å². The summed E-state index contributed by atoms with van der Waals surface area (Å²) in [6, 6.07) is 9.46. The molecule has 6 heteroatoms. The predicted octanol–water partition coefficient (Wildman–Crippen LogP) is 2.24. The van der Waals surface area contributed by atoms with Crippen LogP contribution in [-0.4, -0.2) is 57.8 Å². The third-order valence-corrected chi connectivity index (χ3v) is 5.62. The highest BCUT2D eigenvalue weighted by molar-refractivity contribution is 5.85. The van der Waals surface area contributed by atoms with Crippen molar-refractivity contribution in [3.8, 4) is 0 Å². The van der Waals surface area contributed by atoms with Gasteiger partial charge in [0.25, 0.3) is 0 Å². The second-order valence-electron chi connectivity index (χ2n) is 7.12. The number of likely N-dealkylation sites (tertiary alicyclic amines) is 2. The van der Waals surface area contributed by atoms with E-state index in [0.717, 1.165) is 24.9 Å². The highest BCUT2D eigenvalue weighted by Crippen LogP contribution is 2.44. The van der Waals surface area contributed by atoms with Gasteiger partial charge in [-0.05, 0) is 36.9 Å². The fraction of sp³-hybridized carbons (Fsp3) is 0.556. The quantitative estimate of drug-likeness (QED) is 0.850. The number of rotatable bonds is 4. The van der Waals surface area contributed by atoms with Crippen LogP contribution < -0.4 is 0 Å². The summed E-state index contributed by atoms with van der Waals surface area (Å²) in [4.78, 5) is 5.18. The summed E-state index contributed by atoms with van der Waals surface area (Å²) < 4.78 is 2.07. The molecule has 130 valence electrons. The first-order valence-corrected chi connectivity index (χ1v) is 8.53. The fourth-order valence-electron chi connectivity index (χ4n) is 4.51. The molecule has 0 unspecified atom stereocenters. The molecule has 0 bridgehead atoms. The summed E-state index contributed by atoms with van der Waals surface area (Å²) in [6.45, 7) is 7.96. The van der Waals surface area contributed by atoms with Crippen LogP contribution in [0.15, 0.2) is 36.9 Å². The van der Waals surface area contributed by atoms with E-state index in [-0.39, 0.29) is 12.4 Å². The van der Waals surface area contributed by atoms with Gasteiger partial charge in [-0.1, -0.05) is 24.3 Å². The Hall–Kier alpha value is -1.43. The minimum Gasteiger partial charge on any atom is -0.319 e. The summed E-state index contributed by atoms with van der Waals surface area (Å²) in [6.07, 6.45) is 3.61. The van der Waals surface area contributed by atoms with E-state index in [4.69, 9.17) is 0 Å². The third kappa shape index (κ3) is 3.21. The van der Waals surface area contributed by atoms with Crippen molar-refractivity contribution in [1.29, 1.82) is 0 Å². The van der Waals surface area contributed by atoms with E-state index >= 15 is 0 Å². The minimum atomic E-state index is 0. The van der Waals surface area contributed by atoms with E-state index in [1.165, 1.54) is 30.8 Å². The molecule has 2 saturated heterocycles. The van der Waals surface area contributed by atoms with Crippen molar-refractivity contribution in [2.24, 2.45) is 11.8 Å². The molecular formula is C18H26ClN5. The second kappa shape index (κ2) is 7.21. The van der Waals surface area contributed by atoms with Gasteiger partial charge in [0.1, 0.15) is 12.7 Å². The van der Waals surface area contributed by atoms with Gasteiger partial charge in [0.15, 0.2) is 0 Å². The average Bonchev–Trinajstić information content (AvgIpc) is 3.22. The van der Waals surface area contributed by atoms with Crippen LogP contribution in [0.2, 0.25) is 0 Å². The molecule has 2 aliphatic heterocycles. The Morgan fingerprint density at radius 3 is 2.54 bits per heavy atom. The van der Waals surface area contributed by atoms with E-state index in [0.29, 0.717) is 6.04 Å². The number of aryl methyl sites for hydroxylation is 1. The van der Waals surface area contributed by atoms with Gasteiger partial charge >= 0.3 is 0 Å². The summed E-state index contributed by atoms with van der Waals surface area (Å²) in [5.41, 5.74) is 2.94. The van der Waals surface area contributed by atoms with Crippen molar-refractivity contribution < 1.29 is 0 Å². The van der Waals surface area contributed by atoms with Gasteiger partial charge < -0.3 is 9.47 Å². The Kier molecular flexibility index (Phi) is 5.23. The number of benzene rings is 1. The smallest absolute Gasteiger partial charge is 0.119 e. The Morgan fingerprint density at radius 2 is 1.79 bits per heavy atom. The van der Waals surface area contributed by atoms with Crippen molar-refractivity contribution >= 4 is 12.4 Å². The van der Waals surface area contributed by atoms with Gasteiger partial charge in [-0.25, -0.2) is 0 Å². The molecule has 0 amide bonds. The van der Waals surface area contributed by atoms with E-state index in [9.17, 15) is 0 Å². The fourth-order valence-corrected chi connectivity index (χ4v) is 4.51. The normalized spacial score (nSPS) is 27.2. The maximum atomic E-state index is 3.88. The zero-order valence-electron chi connectivity index (χ0n) is 14.4. The SMILES string of the molecule is Cc1ccccc1[C@@H]1[C@@H]2CN(CCn3cnnc3)C[C@@H]2CN1C.Cl. The average molecular weight is 348 g/mol. The van der Waals surface area contributed by atoms with Gasteiger partial charge in [-0.2, -0.15) is 0 Å². The first kappa shape index (κ1) is 17.4. The minimum absolute atomic E-state index is 0. The summed E-state index contributed by atoms with van der Waals surface area (Å²) in [5, 5.41) is 7.77. The Balaban J connectivity index is 0.00000169. The highest BCUT2D eigenvalue weighted by atomic mass is 35.5. The van der Waals surface area contributed by atoms with Crippen LogP contribution in [0.3, 0.4) is 0 Å². The van der Waals surface area contributed by atoms with Gasteiger partial charge in [0.05, 0.1) is 0 Å². The number of hydrogen-bond acceptors (Lipinski definition) is 4. The standard InChI is InChI=1S/C18H25N5.ClH/c1-14-5-3-4-6-16(14)18-17-11-22(10-15(17)9-21(18)2)7-8-23-12-19-20-13-23;/h3-6,12-13,15,17-18H,7-11H2,1-2H3;1H/t15-,17+,18+;/m0./s1. The molecule has 3 atom stereocenters. The first-order chi connectivity index (χ1) is 11.2. The molecule has 2 aliphatic rings. The molecule has 0 aliphatic carbocycles. The first-order valence-electron chi connectivity index (χ1n) is 8.53. The molecule has 4 rings (SSSR count). The molecule has 1 aromatic carbocycles. The maximum Gasteiger partial charge on any atom is 0.119 e. The molecule has 0 radical (unpaired) electrons. The van der Waals surface area contributed by atoms with Crippen LogP contribution in [0.1, 0.15) is 17.2 Å². The number of halogens is 1. The topological polar surface area (TPSA) is 37.2 Å². The number of hydrogen-bond donors (Lipinski definition) is 0. The molecule has 2 fully saturated rings. The van der Waals surface area contributed by atoms with E-state index in [1.807, 2.05) is 0 Å². The van der Waals surface area contributed by atoms with E-state index in [1.54, 1.807) is 12.7 Å². The lowest BCUT2D eigenvalue weighted by atomic mass is 9.88. The van der Waals surface area contributed by atoms with Gasteiger partial charge in [-0.3, -0.25) is 4.90 Å². The monoisotopic (exact) mass is 347 g/mol. The van der Waals surface area contributed by atoms with Gasteiger partial charge in [0.2, 0.25) is 0 Å². The lowest BCUT2D eigenvalue weighted by Gasteiger charge is -2.28. The van der Waals surface area contributed by atoms with Crippen LogP contribution in [0.25, 0.3) is 0 Å². The van der Waals surface area contributed by atoms with Crippen LogP contribution in [0, 0.1) is 18.8 Å². The molecule has 0 N–H and O–H groups in total. The Bertz CT molecular complexity index is 659. The van der Waals surface area contributed by atoms with Crippen LogP contribution >= 0.6 is 12.4 Å². The largest absolute Gasteiger partial charge is 0.319 e. The molecule has 0 saturated carbocycles. The summed E-state index contributed by atoms with van der Waals surface area (Å²) in [5.74, 6) is 1.55. The summed E-state index contributed by atoms with van der Waals surface area (Å²) in [7, 11) is 2.29. The van der Waals surface area contributed by atoms with Crippen molar-refractivity contribution in [3.05, 3.63) is 48.0 Å². The molecule has 0 spiro atoms. The zero-order valence-corrected chi connectivity index (χ0v) is 15.2. The number of nitrogens with zero attached hydrogens (tertiary/aromatic N) is 5. The summed E-state index contributed by atoms with van der Waals surface area (Å²) >= 11 is 0. The zero-order chi connectivity index (χ0) is 15.8. The maximum absolute atomic E-state index is 3.88. The molecule has 1 aromatic heterocycles. The van der Waals surface area contributed by atoms with E-state index in [2.05, 4.69) is 62.8 Å². The lowest BCUT2D eigenvalue weighted by Crippen LogP contribution is -2.31. The lowest BCUT2D eigenvalue weighted by molar-refractivity contribution is 0.224. The number of fused-ring (bicyclic) bond motifs is 1. The third-order valence-electron chi connectivity index (χ3n) is 5.62. The van der Waals surface area contributed by atoms with Crippen molar-refractivity contribution in [1.82, 2.24) is 24.6 Å². The van der Waals surface area contributed by atoms with Crippen LogP contribution in [-0.2, 0) is 6.54 Å². The van der Waals surface area contributed by atoms with Gasteiger partial charge in [-0.15, -0.1) is 22.6 Å². The van der Waals surface area contributed by atoms with Crippen molar-refractivity contribution in [2.45, 2.75) is 19.5 Å². The molecule has 24 heavy (non-hydrogen) atoms. The van der Waals surface area contributed by atoms with Gasteiger partial charge in [0, 0.05) is 38.8 Å². The van der Waals surface area contributed by atoms with E-state index < -0.39 is 0 Å². The molecule has 3 heterocycles. The molecule has 5 nitrogen and oxygen atoms in total.